The van der Waals surface area contributed by atoms with Crippen molar-refractivity contribution in [2.75, 3.05) is 18.5 Å². The second kappa shape index (κ2) is 9.13. The monoisotopic (exact) mass is 292 g/mol. The van der Waals surface area contributed by atoms with E-state index in [1.807, 2.05) is 13.8 Å². The Labute approximate surface area is 125 Å². The number of amides is 2. The molecule has 0 aliphatic heterocycles. The van der Waals surface area contributed by atoms with Gasteiger partial charge in [-0.1, -0.05) is 20.3 Å². The third-order valence-corrected chi connectivity index (χ3v) is 3.20. The SMILES string of the molecule is CCCC(C)C(=O)Nc1ccc(C(=O)NCCCO)cc1. The number of rotatable bonds is 8. The number of carbonyl (C=O) groups is 2. The number of hydrogen-bond acceptors (Lipinski definition) is 3. The molecule has 3 N–H and O–H groups in total. The minimum Gasteiger partial charge on any atom is -0.396 e. The van der Waals surface area contributed by atoms with E-state index in [0.29, 0.717) is 24.2 Å². The second-order valence-corrected chi connectivity index (χ2v) is 5.09. The summed E-state index contributed by atoms with van der Waals surface area (Å²) in [5.41, 5.74) is 1.22. The van der Waals surface area contributed by atoms with Crippen LogP contribution in [-0.4, -0.2) is 30.1 Å². The van der Waals surface area contributed by atoms with Gasteiger partial charge in [-0.2, -0.15) is 0 Å². The Morgan fingerprint density at radius 2 is 1.90 bits per heavy atom. The smallest absolute Gasteiger partial charge is 0.251 e. The van der Waals surface area contributed by atoms with Crippen molar-refractivity contribution in [3.8, 4) is 0 Å². The largest absolute Gasteiger partial charge is 0.396 e. The Hall–Kier alpha value is -1.88. The van der Waals surface area contributed by atoms with Gasteiger partial charge >= 0.3 is 0 Å². The minimum atomic E-state index is -0.180. The minimum absolute atomic E-state index is 0.00278. The van der Waals surface area contributed by atoms with Crippen LogP contribution in [0.4, 0.5) is 5.69 Å². The zero-order valence-electron chi connectivity index (χ0n) is 12.7. The van der Waals surface area contributed by atoms with Crippen molar-refractivity contribution in [1.82, 2.24) is 5.32 Å². The highest BCUT2D eigenvalue weighted by atomic mass is 16.3. The van der Waals surface area contributed by atoms with Gasteiger partial charge in [-0.3, -0.25) is 9.59 Å². The summed E-state index contributed by atoms with van der Waals surface area (Å²) in [7, 11) is 0. The number of carbonyl (C=O) groups excluding carboxylic acids is 2. The topological polar surface area (TPSA) is 78.4 Å². The fraction of sp³-hybridized carbons (Fsp3) is 0.500. The lowest BCUT2D eigenvalue weighted by atomic mass is 10.1. The molecule has 5 nitrogen and oxygen atoms in total. The van der Waals surface area contributed by atoms with Gasteiger partial charge in [-0.25, -0.2) is 0 Å². The summed E-state index contributed by atoms with van der Waals surface area (Å²) in [6, 6.07) is 6.79. The van der Waals surface area contributed by atoms with Crippen LogP contribution in [0.25, 0.3) is 0 Å². The number of aliphatic hydroxyl groups excluding tert-OH is 1. The van der Waals surface area contributed by atoms with Gasteiger partial charge < -0.3 is 15.7 Å². The molecular formula is C16H24N2O3. The molecular weight excluding hydrogens is 268 g/mol. The zero-order valence-corrected chi connectivity index (χ0v) is 12.7. The first kappa shape index (κ1) is 17.2. The van der Waals surface area contributed by atoms with Gasteiger partial charge in [0.2, 0.25) is 5.91 Å². The van der Waals surface area contributed by atoms with Crippen molar-refractivity contribution in [3.63, 3.8) is 0 Å². The third-order valence-electron chi connectivity index (χ3n) is 3.20. The van der Waals surface area contributed by atoms with E-state index in [1.165, 1.54) is 0 Å². The molecule has 0 aromatic heterocycles. The van der Waals surface area contributed by atoms with E-state index in [2.05, 4.69) is 10.6 Å². The number of benzene rings is 1. The lowest BCUT2D eigenvalue weighted by molar-refractivity contribution is -0.119. The Bertz CT molecular complexity index is 457. The first-order valence-electron chi connectivity index (χ1n) is 7.38. The first-order valence-corrected chi connectivity index (χ1v) is 7.38. The summed E-state index contributed by atoms with van der Waals surface area (Å²) in [4.78, 5) is 23.6. The van der Waals surface area contributed by atoms with E-state index < -0.39 is 0 Å². The fourth-order valence-electron chi connectivity index (χ4n) is 1.92. The highest BCUT2D eigenvalue weighted by molar-refractivity contribution is 5.96. The zero-order chi connectivity index (χ0) is 15.7. The highest BCUT2D eigenvalue weighted by Gasteiger charge is 2.12. The maximum absolute atomic E-state index is 11.9. The summed E-state index contributed by atoms with van der Waals surface area (Å²) in [5, 5.41) is 14.2. The number of nitrogens with one attached hydrogen (secondary N) is 2. The number of aliphatic hydroxyl groups is 1. The van der Waals surface area contributed by atoms with E-state index >= 15 is 0 Å². The van der Waals surface area contributed by atoms with Gasteiger partial charge in [-0.15, -0.1) is 0 Å². The summed E-state index contributed by atoms with van der Waals surface area (Å²) in [5.74, 6) is -0.200. The van der Waals surface area contributed by atoms with Gasteiger partial charge in [0.25, 0.3) is 5.91 Å². The molecule has 0 aliphatic carbocycles. The maximum Gasteiger partial charge on any atom is 0.251 e. The van der Waals surface area contributed by atoms with Crippen molar-refractivity contribution in [1.29, 1.82) is 0 Å². The van der Waals surface area contributed by atoms with Crippen molar-refractivity contribution in [2.45, 2.75) is 33.1 Å². The van der Waals surface area contributed by atoms with Crippen LogP contribution in [0.3, 0.4) is 0 Å². The molecule has 116 valence electrons. The first-order chi connectivity index (χ1) is 10.1. The predicted molar refractivity (Wildman–Crippen MR) is 83.2 cm³/mol. The number of anilines is 1. The van der Waals surface area contributed by atoms with Gasteiger partial charge in [-0.05, 0) is 37.1 Å². The molecule has 0 saturated carbocycles. The molecule has 0 fully saturated rings. The van der Waals surface area contributed by atoms with Crippen LogP contribution in [0.15, 0.2) is 24.3 Å². The summed E-state index contributed by atoms with van der Waals surface area (Å²) in [6.45, 7) is 4.46. The molecule has 0 aliphatic rings. The Morgan fingerprint density at radius 3 is 2.48 bits per heavy atom. The van der Waals surface area contributed by atoms with Crippen LogP contribution in [0.5, 0.6) is 0 Å². The van der Waals surface area contributed by atoms with Crippen molar-refractivity contribution in [2.24, 2.45) is 5.92 Å². The summed E-state index contributed by atoms with van der Waals surface area (Å²) in [6.07, 6.45) is 2.37. The fourth-order valence-corrected chi connectivity index (χ4v) is 1.92. The second-order valence-electron chi connectivity index (χ2n) is 5.09. The predicted octanol–water partition coefficient (Wildman–Crippen LogP) is 2.17. The molecule has 2 amide bonds. The number of hydrogen-bond donors (Lipinski definition) is 3. The van der Waals surface area contributed by atoms with Gasteiger partial charge in [0, 0.05) is 30.3 Å². The Balaban J connectivity index is 2.53. The Morgan fingerprint density at radius 1 is 1.24 bits per heavy atom. The lowest BCUT2D eigenvalue weighted by Crippen LogP contribution is -2.25. The van der Waals surface area contributed by atoms with Gasteiger partial charge in [0.05, 0.1) is 0 Å². The average Bonchev–Trinajstić information content (AvgIpc) is 2.48. The molecule has 21 heavy (non-hydrogen) atoms. The quantitative estimate of drug-likeness (QED) is 0.643. The van der Waals surface area contributed by atoms with Crippen LogP contribution >= 0.6 is 0 Å². The maximum atomic E-state index is 11.9. The standard InChI is InChI=1S/C16H24N2O3/c1-3-5-12(2)15(20)18-14-8-6-13(7-9-14)16(21)17-10-4-11-19/h6-9,12,19H,3-5,10-11H2,1-2H3,(H,17,21)(H,18,20). The van der Waals surface area contributed by atoms with Crippen molar-refractivity contribution >= 4 is 17.5 Å². The molecule has 1 aromatic rings. The molecule has 0 saturated heterocycles. The molecule has 5 heteroatoms. The summed E-state index contributed by atoms with van der Waals surface area (Å²) < 4.78 is 0. The summed E-state index contributed by atoms with van der Waals surface area (Å²) >= 11 is 0. The van der Waals surface area contributed by atoms with Crippen LogP contribution in [-0.2, 0) is 4.79 Å². The van der Waals surface area contributed by atoms with Crippen molar-refractivity contribution in [3.05, 3.63) is 29.8 Å². The van der Waals surface area contributed by atoms with E-state index in [-0.39, 0.29) is 24.3 Å². The molecule has 1 atom stereocenters. The lowest BCUT2D eigenvalue weighted by Gasteiger charge is -2.11. The molecule has 0 radical (unpaired) electrons. The van der Waals surface area contributed by atoms with Crippen LogP contribution < -0.4 is 10.6 Å². The molecule has 1 rings (SSSR count). The van der Waals surface area contributed by atoms with Gasteiger partial charge in [0.15, 0.2) is 0 Å². The molecule has 0 heterocycles. The molecule has 1 unspecified atom stereocenters. The molecule has 0 bridgehead atoms. The normalized spacial score (nSPS) is 11.8. The third kappa shape index (κ3) is 5.95. The Kier molecular flexibility index (Phi) is 7.46. The molecule has 1 aromatic carbocycles. The highest BCUT2D eigenvalue weighted by Crippen LogP contribution is 2.13. The van der Waals surface area contributed by atoms with E-state index in [4.69, 9.17) is 5.11 Å². The van der Waals surface area contributed by atoms with Crippen LogP contribution in [0.2, 0.25) is 0 Å². The van der Waals surface area contributed by atoms with Crippen LogP contribution in [0, 0.1) is 5.92 Å². The average molecular weight is 292 g/mol. The van der Waals surface area contributed by atoms with E-state index in [0.717, 1.165) is 12.8 Å². The van der Waals surface area contributed by atoms with Gasteiger partial charge in [0.1, 0.15) is 0 Å². The van der Waals surface area contributed by atoms with Crippen molar-refractivity contribution < 1.29 is 14.7 Å². The van der Waals surface area contributed by atoms with E-state index in [9.17, 15) is 9.59 Å². The van der Waals surface area contributed by atoms with E-state index in [1.54, 1.807) is 24.3 Å². The molecule has 0 spiro atoms. The van der Waals surface area contributed by atoms with Crippen LogP contribution in [0.1, 0.15) is 43.5 Å².